The van der Waals surface area contributed by atoms with Crippen LogP contribution >= 0.6 is 0 Å². The van der Waals surface area contributed by atoms with E-state index in [1.54, 1.807) is 0 Å². The van der Waals surface area contributed by atoms with Gasteiger partial charge in [-0.25, -0.2) is 0 Å². The maximum atomic E-state index is 10.7. The predicted octanol–water partition coefficient (Wildman–Crippen LogP) is -1.20. The molecular formula is C12H14ClNO4. The van der Waals surface area contributed by atoms with Crippen molar-refractivity contribution in [2.75, 3.05) is 18.0 Å². The summed E-state index contributed by atoms with van der Waals surface area (Å²) in [6.07, 6.45) is 2.00. The lowest BCUT2D eigenvalue weighted by molar-refractivity contribution is -1.92. The summed E-state index contributed by atoms with van der Waals surface area (Å²) in [7, 11) is -4.37. The number of rotatable bonds is 2. The van der Waals surface area contributed by atoms with Crippen molar-refractivity contribution in [3.8, 4) is 0 Å². The molecule has 3 rings (SSSR count). The van der Waals surface area contributed by atoms with Crippen molar-refractivity contribution >= 4 is 5.69 Å². The molecule has 0 aromatic heterocycles. The zero-order valence-corrected chi connectivity index (χ0v) is 10.6. The summed E-state index contributed by atoms with van der Waals surface area (Å²) < 4.78 is 36.9. The third-order valence-electron chi connectivity index (χ3n) is 3.57. The lowest BCUT2D eigenvalue weighted by Crippen LogP contribution is -2.61. The molecule has 0 radical (unpaired) electrons. The Morgan fingerprint density at radius 3 is 2.83 bits per heavy atom. The van der Waals surface area contributed by atoms with Gasteiger partial charge < -0.3 is 4.90 Å². The summed E-state index contributed by atoms with van der Waals surface area (Å²) in [5, 5.41) is 0. The van der Waals surface area contributed by atoms with E-state index in [9.17, 15) is 14.0 Å². The minimum Gasteiger partial charge on any atom is -0.371 e. The highest BCUT2D eigenvalue weighted by molar-refractivity contribution is 5.63. The van der Waals surface area contributed by atoms with Crippen LogP contribution in [0.1, 0.15) is 30.1 Å². The van der Waals surface area contributed by atoms with E-state index in [1.165, 1.54) is 5.56 Å². The Morgan fingerprint density at radius 2 is 2.06 bits per heavy atom. The molecule has 0 saturated heterocycles. The Bertz CT molecular complexity index is 460. The normalized spacial score (nSPS) is 22.8. The minimum atomic E-state index is -4.37. The maximum absolute atomic E-state index is 10.7. The van der Waals surface area contributed by atoms with Gasteiger partial charge in [0.05, 0.1) is 14.5 Å². The second kappa shape index (κ2) is 4.36. The number of nitrogens with zero attached hydrogens (tertiary/aromatic N) is 1. The molecule has 1 aromatic rings. The maximum Gasteiger partial charge on any atom is 0.242 e. The number of hydrogen-bond donors (Lipinski definition) is 0. The Hall–Kier alpha value is -0.850. The summed E-state index contributed by atoms with van der Waals surface area (Å²) in [6.45, 7) is 1.72. The molecule has 0 saturated carbocycles. The van der Waals surface area contributed by atoms with E-state index in [4.69, 9.17) is 0 Å². The van der Waals surface area contributed by atoms with Crippen molar-refractivity contribution < 1.29 is 28.5 Å². The molecule has 2 aliphatic heterocycles. The topological polar surface area (TPSA) is 81.6 Å². The molecule has 98 valence electrons. The number of para-hydroxylation sites is 1. The number of benzene rings is 1. The quantitative estimate of drug-likeness (QED) is 0.675. The van der Waals surface area contributed by atoms with Crippen LogP contribution in [0.3, 0.4) is 0 Å². The van der Waals surface area contributed by atoms with E-state index in [1.807, 2.05) is 12.1 Å². The zero-order valence-electron chi connectivity index (χ0n) is 9.80. The van der Waals surface area contributed by atoms with E-state index in [0.29, 0.717) is 6.42 Å². The predicted molar refractivity (Wildman–Crippen MR) is 55.4 cm³/mol. The fourth-order valence-corrected chi connectivity index (χ4v) is 3.36. The Balaban J connectivity index is 1.98. The Labute approximate surface area is 107 Å². The Kier molecular flexibility index (Phi) is 2.96. The summed E-state index contributed by atoms with van der Waals surface area (Å²) in [5.74, 6) is 0. The first-order valence-corrected chi connectivity index (χ1v) is 7.24. The van der Waals surface area contributed by atoms with Gasteiger partial charge in [0.25, 0.3) is 0 Å². The van der Waals surface area contributed by atoms with Crippen molar-refractivity contribution in [3.05, 3.63) is 29.3 Å². The van der Waals surface area contributed by atoms with Crippen molar-refractivity contribution in [3.63, 3.8) is 0 Å². The molecular weight excluding hydrogens is 258 g/mol. The van der Waals surface area contributed by atoms with Crippen LogP contribution in [0.4, 0.5) is 5.69 Å². The first-order valence-electron chi connectivity index (χ1n) is 6.00. The lowest BCUT2D eigenvalue weighted by atomic mass is 9.91. The van der Waals surface area contributed by atoms with Gasteiger partial charge in [-0.3, -0.25) is 0 Å². The van der Waals surface area contributed by atoms with Gasteiger partial charge in [-0.05, 0) is 18.4 Å². The van der Waals surface area contributed by atoms with Gasteiger partial charge in [-0.2, -0.15) is 14.0 Å². The Morgan fingerprint density at radius 1 is 1.22 bits per heavy atom. The van der Waals surface area contributed by atoms with Gasteiger partial charge >= 0.3 is 0 Å². The molecule has 0 N–H and O–H groups in total. The second-order valence-corrected chi connectivity index (χ2v) is 5.62. The van der Waals surface area contributed by atoms with Gasteiger partial charge in [-0.15, -0.1) is 0 Å². The molecule has 6 heteroatoms. The summed E-state index contributed by atoms with van der Waals surface area (Å²) in [5.41, 5.74) is 3.11. The van der Waals surface area contributed by atoms with Gasteiger partial charge in [0, 0.05) is 30.8 Å². The van der Waals surface area contributed by atoms with E-state index >= 15 is 0 Å². The van der Waals surface area contributed by atoms with E-state index < -0.39 is 16.3 Å². The van der Waals surface area contributed by atoms with Crippen molar-refractivity contribution in [1.82, 2.24) is 0 Å². The molecule has 1 aromatic carbocycles. The van der Waals surface area contributed by atoms with Crippen LogP contribution in [0.15, 0.2) is 18.2 Å². The minimum absolute atomic E-state index is 0.533. The molecule has 0 bridgehead atoms. The average Bonchev–Trinajstić information content (AvgIpc) is 2.32. The first-order chi connectivity index (χ1) is 8.54. The van der Waals surface area contributed by atoms with Gasteiger partial charge in [-0.1, -0.05) is 18.2 Å². The largest absolute Gasteiger partial charge is 0.371 e. The second-order valence-electron chi connectivity index (χ2n) is 4.69. The highest BCUT2D eigenvalue weighted by Gasteiger charge is 2.38. The number of aryl methyl sites for hydroxylation is 1. The van der Waals surface area contributed by atoms with Crippen LogP contribution in [0.25, 0.3) is 0 Å². The summed E-state index contributed by atoms with van der Waals surface area (Å²) in [6, 6.07) is 5.80. The SMILES string of the molecule is [O-][Cl+3]([O-])([O-])OC1CCN2CCCc3cccc1c32. The number of hydrogen-bond acceptors (Lipinski definition) is 5. The molecule has 0 spiro atoms. The van der Waals surface area contributed by atoms with Crippen molar-refractivity contribution in [2.45, 2.75) is 25.4 Å². The van der Waals surface area contributed by atoms with Crippen LogP contribution in [0.5, 0.6) is 0 Å². The van der Waals surface area contributed by atoms with E-state index in [-0.39, 0.29) is 0 Å². The van der Waals surface area contributed by atoms with Crippen LogP contribution in [0, 0.1) is 10.2 Å². The van der Waals surface area contributed by atoms with Crippen molar-refractivity contribution in [1.29, 1.82) is 0 Å². The average molecular weight is 272 g/mol. The lowest BCUT2D eigenvalue weighted by Gasteiger charge is -2.38. The molecule has 2 aliphatic rings. The van der Waals surface area contributed by atoms with Crippen LogP contribution in [0.2, 0.25) is 0 Å². The van der Waals surface area contributed by atoms with Gasteiger partial charge in [0.15, 0.2) is 0 Å². The molecule has 0 fully saturated rings. The fraction of sp³-hybridized carbons (Fsp3) is 0.500. The van der Waals surface area contributed by atoms with E-state index in [0.717, 1.165) is 37.2 Å². The number of anilines is 1. The highest BCUT2D eigenvalue weighted by atomic mass is 35.7. The molecule has 18 heavy (non-hydrogen) atoms. The molecule has 1 unspecified atom stereocenters. The molecule has 0 amide bonds. The third kappa shape index (κ3) is 2.20. The van der Waals surface area contributed by atoms with Crippen molar-refractivity contribution in [2.24, 2.45) is 0 Å². The first kappa shape index (κ1) is 12.2. The molecule has 1 atom stereocenters. The molecule has 0 aliphatic carbocycles. The highest BCUT2D eigenvalue weighted by Crippen LogP contribution is 2.41. The van der Waals surface area contributed by atoms with Crippen LogP contribution in [-0.4, -0.2) is 13.1 Å². The monoisotopic (exact) mass is 271 g/mol. The van der Waals surface area contributed by atoms with E-state index in [2.05, 4.69) is 15.3 Å². The smallest absolute Gasteiger partial charge is 0.242 e. The van der Waals surface area contributed by atoms with Gasteiger partial charge in [0.1, 0.15) is 0 Å². The fourth-order valence-electron chi connectivity index (χ4n) is 2.91. The molecule has 5 nitrogen and oxygen atoms in total. The number of halogens is 1. The van der Waals surface area contributed by atoms with Crippen LogP contribution in [-0.2, 0) is 10.7 Å². The third-order valence-corrected chi connectivity index (χ3v) is 4.00. The van der Waals surface area contributed by atoms with Crippen LogP contribution < -0.4 is 18.9 Å². The zero-order chi connectivity index (χ0) is 12.8. The molecule has 2 heterocycles. The summed E-state index contributed by atoms with van der Waals surface area (Å²) in [4.78, 5) is 2.25. The van der Waals surface area contributed by atoms with Gasteiger partial charge in [0.2, 0.25) is 6.10 Å². The standard InChI is InChI=1S/C12H14ClNO4/c15-13(16,17)18-11-6-8-14-7-2-4-9-3-1-5-10(11)12(9)14/h1,3,5,11H,2,4,6-8H2. The summed E-state index contributed by atoms with van der Waals surface area (Å²) >= 11 is 0.